The van der Waals surface area contributed by atoms with E-state index in [0.717, 1.165) is 22.0 Å². The van der Waals surface area contributed by atoms with Crippen LogP contribution < -0.4 is 14.8 Å². The van der Waals surface area contributed by atoms with Gasteiger partial charge in [0, 0.05) is 17.6 Å². The largest absolute Gasteiger partial charge is 0.493 e. The smallest absolute Gasteiger partial charge is 0.175 e. The topological polar surface area (TPSA) is 50.7 Å². The number of halogens is 2. The van der Waals surface area contributed by atoms with Crippen molar-refractivity contribution < 1.29 is 14.6 Å². The van der Waals surface area contributed by atoms with Crippen LogP contribution in [0.1, 0.15) is 24.5 Å². The van der Waals surface area contributed by atoms with E-state index in [4.69, 9.17) is 21.1 Å². The first-order valence-electron chi connectivity index (χ1n) is 8.15. The molecular formula is C19H23BrClNO3. The van der Waals surface area contributed by atoms with E-state index < -0.39 is 0 Å². The lowest BCUT2D eigenvalue weighted by Gasteiger charge is -2.17. The molecule has 2 aromatic rings. The van der Waals surface area contributed by atoms with Crippen LogP contribution >= 0.6 is 27.5 Å². The van der Waals surface area contributed by atoms with Gasteiger partial charge in [-0.2, -0.15) is 0 Å². The molecule has 0 spiro atoms. The minimum Gasteiger partial charge on any atom is -0.493 e. The first kappa shape index (κ1) is 20.0. The quantitative estimate of drug-likeness (QED) is 0.615. The minimum absolute atomic E-state index is 0.0866. The van der Waals surface area contributed by atoms with Crippen molar-refractivity contribution in [2.45, 2.75) is 32.5 Å². The lowest BCUT2D eigenvalue weighted by Crippen LogP contribution is -2.31. The summed E-state index contributed by atoms with van der Waals surface area (Å²) in [5.74, 6) is 1.31. The number of aliphatic hydroxyl groups excluding tert-OH is 1. The summed E-state index contributed by atoms with van der Waals surface area (Å²) in [4.78, 5) is 0. The first-order chi connectivity index (χ1) is 12.1. The number of methoxy groups -OCH3 is 1. The summed E-state index contributed by atoms with van der Waals surface area (Å²) in [6, 6.07) is 11.6. The highest BCUT2D eigenvalue weighted by molar-refractivity contribution is 9.10. The number of benzene rings is 2. The summed E-state index contributed by atoms with van der Waals surface area (Å²) < 4.78 is 12.2. The third-order valence-electron chi connectivity index (χ3n) is 3.87. The van der Waals surface area contributed by atoms with Gasteiger partial charge in [-0.15, -0.1) is 0 Å². The van der Waals surface area contributed by atoms with E-state index in [9.17, 15) is 5.11 Å². The van der Waals surface area contributed by atoms with Gasteiger partial charge in [0.25, 0.3) is 0 Å². The molecule has 0 saturated heterocycles. The molecule has 0 amide bonds. The van der Waals surface area contributed by atoms with Gasteiger partial charge >= 0.3 is 0 Å². The molecule has 136 valence electrons. The Morgan fingerprint density at radius 1 is 1.24 bits per heavy atom. The predicted molar refractivity (Wildman–Crippen MR) is 104 cm³/mol. The van der Waals surface area contributed by atoms with Gasteiger partial charge in [-0.05, 0) is 57.7 Å². The van der Waals surface area contributed by atoms with Crippen LogP contribution in [-0.2, 0) is 13.2 Å². The molecule has 1 unspecified atom stereocenters. The van der Waals surface area contributed by atoms with E-state index in [2.05, 4.69) is 21.2 Å². The molecule has 1 atom stereocenters. The molecule has 2 aromatic carbocycles. The van der Waals surface area contributed by atoms with Crippen molar-refractivity contribution in [2.24, 2.45) is 0 Å². The fourth-order valence-corrected chi connectivity index (χ4v) is 3.21. The molecule has 6 heteroatoms. The molecule has 0 bridgehead atoms. The first-order valence-corrected chi connectivity index (χ1v) is 9.32. The molecular weight excluding hydrogens is 406 g/mol. The van der Waals surface area contributed by atoms with Crippen molar-refractivity contribution in [3.63, 3.8) is 0 Å². The number of nitrogens with one attached hydrogen (secondary N) is 1. The van der Waals surface area contributed by atoms with Crippen molar-refractivity contribution in [3.05, 3.63) is 57.0 Å². The van der Waals surface area contributed by atoms with Gasteiger partial charge in [0.15, 0.2) is 11.5 Å². The van der Waals surface area contributed by atoms with E-state index in [1.165, 1.54) is 0 Å². The molecule has 0 aliphatic carbocycles. The highest BCUT2D eigenvalue weighted by Crippen LogP contribution is 2.37. The summed E-state index contributed by atoms with van der Waals surface area (Å²) in [5, 5.41) is 13.3. The normalized spacial score (nSPS) is 12.0. The maximum Gasteiger partial charge on any atom is 0.175 e. The summed E-state index contributed by atoms with van der Waals surface area (Å²) in [5.41, 5.74) is 2.03. The second-order valence-electron chi connectivity index (χ2n) is 5.70. The molecule has 0 aliphatic heterocycles. The van der Waals surface area contributed by atoms with Gasteiger partial charge in [0.05, 0.1) is 18.2 Å². The number of aliphatic hydroxyl groups is 1. The van der Waals surface area contributed by atoms with Crippen LogP contribution in [0.15, 0.2) is 40.9 Å². The number of rotatable bonds is 9. The van der Waals surface area contributed by atoms with Crippen LogP contribution in [0.5, 0.6) is 11.5 Å². The Bertz CT molecular complexity index is 692. The van der Waals surface area contributed by atoms with Crippen LogP contribution in [0.4, 0.5) is 0 Å². The van der Waals surface area contributed by atoms with Gasteiger partial charge in [0.2, 0.25) is 0 Å². The van der Waals surface area contributed by atoms with E-state index in [-0.39, 0.29) is 12.6 Å². The maximum atomic E-state index is 9.28. The highest BCUT2D eigenvalue weighted by atomic mass is 79.9. The summed E-state index contributed by atoms with van der Waals surface area (Å²) in [6.45, 7) is 3.20. The second kappa shape index (κ2) is 10.0. The van der Waals surface area contributed by atoms with Crippen molar-refractivity contribution >= 4 is 27.5 Å². The van der Waals surface area contributed by atoms with Crippen LogP contribution in [0, 0.1) is 0 Å². The number of ether oxygens (including phenoxy) is 2. The van der Waals surface area contributed by atoms with E-state index in [1.54, 1.807) is 7.11 Å². The molecule has 25 heavy (non-hydrogen) atoms. The molecule has 0 aromatic heterocycles. The van der Waals surface area contributed by atoms with Gasteiger partial charge in [-0.1, -0.05) is 30.7 Å². The zero-order valence-electron chi connectivity index (χ0n) is 14.4. The Morgan fingerprint density at radius 3 is 2.68 bits per heavy atom. The van der Waals surface area contributed by atoms with Gasteiger partial charge in [-0.3, -0.25) is 0 Å². The minimum atomic E-state index is 0.0866. The predicted octanol–water partition coefficient (Wildman–Crippen LogP) is 4.55. The molecule has 0 saturated carbocycles. The summed E-state index contributed by atoms with van der Waals surface area (Å²) in [7, 11) is 1.62. The Labute approximate surface area is 162 Å². The highest BCUT2D eigenvalue weighted by Gasteiger charge is 2.13. The average molecular weight is 429 g/mol. The van der Waals surface area contributed by atoms with E-state index >= 15 is 0 Å². The molecule has 0 heterocycles. The monoisotopic (exact) mass is 427 g/mol. The van der Waals surface area contributed by atoms with Gasteiger partial charge < -0.3 is 19.9 Å². The molecule has 4 nitrogen and oxygen atoms in total. The van der Waals surface area contributed by atoms with E-state index in [1.807, 2.05) is 43.3 Å². The number of hydrogen-bond donors (Lipinski definition) is 2. The van der Waals surface area contributed by atoms with Crippen LogP contribution in [0.3, 0.4) is 0 Å². The summed E-state index contributed by atoms with van der Waals surface area (Å²) >= 11 is 9.57. The zero-order valence-corrected chi connectivity index (χ0v) is 16.7. The standard InChI is InChI=1S/C19H23BrClNO3/c1-3-16(11-23)22-10-14-8-17(20)19(18(9-14)24-2)25-12-13-5-4-6-15(21)7-13/h4-9,16,22-23H,3,10-12H2,1-2H3. The molecule has 2 N–H and O–H groups in total. The fourth-order valence-electron chi connectivity index (χ4n) is 2.40. The third-order valence-corrected chi connectivity index (χ3v) is 4.69. The van der Waals surface area contributed by atoms with Crippen molar-refractivity contribution in [1.29, 1.82) is 0 Å². The fraction of sp³-hybridized carbons (Fsp3) is 0.368. The Morgan fingerprint density at radius 2 is 2.04 bits per heavy atom. The van der Waals surface area contributed by atoms with Gasteiger partial charge in [0.1, 0.15) is 6.61 Å². The Balaban J connectivity index is 2.10. The molecule has 0 aliphatic rings. The van der Waals surface area contributed by atoms with Crippen molar-refractivity contribution in [1.82, 2.24) is 5.32 Å². The summed E-state index contributed by atoms with van der Waals surface area (Å²) in [6.07, 6.45) is 0.871. The molecule has 0 radical (unpaired) electrons. The molecule has 0 fully saturated rings. The lowest BCUT2D eigenvalue weighted by atomic mass is 10.1. The van der Waals surface area contributed by atoms with Gasteiger partial charge in [-0.25, -0.2) is 0 Å². The Hall–Kier alpha value is -1.27. The van der Waals surface area contributed by atoms with Crippen LogP contribution in [-0.4, -0.2) is 24.9 Å². The number of hydrogen-bond acceptors (Lipinski definition) is 4. The van der Waals surface area contributed by atoms with Crippen molar-refractivity contribution in [2.75, 3.05) is 13.7 Å². The van der Waals surface area contributed by atoms with E-state index in [0.29, 0.717) is 29.7 Å². The third kappa shape index (κ3) is 5.89. The second-order valence-corrected chi connectivity index (χ2v) is 6.99. The SMILES string of the molecule is CCC(CO)NCc1cc(Br)c(OCc2cccc(Cl)c2)c(OC)c1. The Kier molecular flexibility index (Phi) is 8.03. The van der Waals surface area contributed by atoms with Crippen LogP contribution in [0.25, 0.3) is 0 Å². The lowest BCUT2D eigenvalue weighted by molar-refractivity contribution is 0.238. The molecule has 2 rings (SSSR count). The van der Waals surface area contributed by atoms with Crippen molar-refractivity contribution in [3.8, 4) is 11.5 Å². The van der Waals surface area contributed by atoms with Crippen LogP contribution in [0.2, 0.25) is 5.02 Å². The average Bonchev–Trinajstić information content (AvgIpc) is 2.61. The maximum absolute atomic E-state index is 9.28. The zero-order chi connectivity index (χ0) is 18.2.